The van der Waals surface area contributed by atoms with Crippen molar-refractivity contribution in [2.45, 2.75) is 12.8 Å². The zero-order valence-electron chi connectivity index (χ0n) is 12.2. The molecule has 1 aromatic carbocycles. The lowest BCUT2D eigenvalue weighted by molar-refractivity contribution is -0.445. The summed E-state index contributed by atoms with van der Waals surface area (Å²) in [4.78, 5) is 8.31. The Kier molecular flexibility index (Phi) is 8.86. The number of benzene rings is 1. The van der Waals surface area contributed by atoms with E-state index < -0.39 is 4.92 Å². The molecule has 114 valence electrons. The van der Waals surface area contributed by atoms with Crippen molar-refractivity contribution in [2.24, 2.45) is 0 Å². The molecular weight excluding hydrogens is 266 g/mol. The predicted molar refractivity (Wildman–Crippen MR) is 74.4 cm³/mol. The fourth-order valence-corrected chi connectivity index (χ4v) is 1.66. The van der Waals surface area contributed by atoms with Gasteiger partial charge >= 0.3 is 0 Å². The van der Waals surface area contributed by atoms with Gasteiger partial charge in [-0.2, -0.15) is 0 Å². The summed E-state index contributed by atoms with van der Waals surface area (Å²) >= 11 is 0. The number of aliphatic hydroxyl groups is 1. The van der Waals surface area contributed by atoms with E-state index in [4.69, 9.17) is 29.4 Å². The molecule has 0 saturated heterocycles. The maximum Gasteiger partial charge on any atom is 0.194 e. The minimum atomic E-state index is -0.500. The zero-order chi connectivity index (χ0) is 15.5. The largest absolute Gasteiger partial charge is 0.496 e. The number of aliphatic hydroxyl groups excluding tert-OH is 1. The molecule has 0 spiro atoms. The van der Waals surface area contributed by atoms with Gasteiger partial charge in [-0.15, -0.1) is 0 Å². The highest BCUT2D eigenvalue weighted by atomic mass is 16.6. The van der Waals surface area contributed by atoms with E-state index >= 15 is 0 Å². The van der Waals surface area contributed by atoms with E-state index in [2.05, 4.69) is 0 Å². The first kappa shape index (κ1) is 18.0. The van der Waals surface area contributed by atoms with Gasteiger partial charge in [0.2, 0.25) is 0 Å². The third-order valence-corrected chi connectivity index (χ3v) is 2.41. The van der Waals surface area contributed by atoms with E-state index in [-0.39, 0.29) is 6.61 Å². The maximum absolute atomic E-state index is 8.87. The van der Waals surface area contributed by atoms with Gasteiger partial charge in [0.05, 0.1) is 21.3 Å². The summed E-state index contributed by atoms with van der Waals surface area (Å²) in [5, 5.41) is 17.7. The third kappa shape index (κ3) is 5.75. The van der Waals surface area contributed by atoms with Crippen molar-refractivity contribution in [1.82, 2.24) is 0 Å². The molecule has 0 aliphatic heterocycles. The first-order valence-electron chi connectivity index (χ1n) is 5.98. The van der Waals surface area contributed by atoms with Crippen LogP contribution in [-0.4, -0.2) is 45.0 Å². The summed E-state index contributed by atoms with van der Waals surface area (Å²) in [6, 6.07) is 3.65. The van der Waals surface area contributed by atoms with Crippen LogP contribution in [0.1, 0.15) is 12.0 Å². The molecule has 1 rings (SSSR count). The van der Waals surface area contributed by atoms with Gasteiger partial charge in [0, 0.05) is 17.1 Å². The van der Waals surface area contributed by atoms with Crippen molar-refractivity contribution >= 4 is 0 Å². The monoisotopic (exact) mass is 287 g/mol. The average Bonchev–Trinajstić information content (AvgIpc) is 2.43. The summed E-state index contributed by atoms with van der Waals surface area (Å²) in [6.07, 6.45) is 1.36. The molecule has 0 unspecified atom stereocenters. The Morgan fingerprint density at radius 3 is 2.05 bits per heavy atom. The first-order valence-corrected chi connectivity index (χ1v) is 5.98. The fourth-order valence-electron chi connectivity index (χ4n) is 1.66. The van der Waals surface area contributed by atoms with Gasteiger partial charge in [-0.05, 0) is 25.0 Å². The summed E-state index contributed by atoms with van der Waals surface area (Å²) in [5.74, 6) is 2.11. The molecule has 7 heteroatoms. The number of nitrogens with zero attached hydrogens (tertiary/aromatic N) is 1. The molecule has 0 saturated carbocycles. The van der Waals surface area contributed by atoms with E-state index in [1.165, 1.54) is 0 Å². The van der Waals surface area contributed by atoms with Crippen LogP contribution in [0.25, 0.3) is 0 Å². The van der Waals surface area contributed by atoms with Crippen LogP contribution >= 0.6 is 0 Å². The molecule has 1 N–H and O–H groups in total. The van der Waals surface area contributed by atoms with Crippen LogP contribution in [0.3, 0.4) is 0 Å². The van der Waals surface area contributed by atoms with Gasteiger partial charge in [-0.1, -0.05) is 0 Å². The van der Waals surface area contributed by atoms with Crippen LogP contribution in [0.5, 0.6) is 17.2 Å². The number of methoxy groups -OCH3 is 3. The van der Waals surface area contributed by atoms with Gasteiger partial charge in [-0.3, -0.25) is 10.1 Å². The van der Waals surface area contributed by atoms with Crippen molar-refractivity contribution < 1.29 is 24.2 Å². The Morgan fingerprint density at radius 2 is 1.65 bits per heavy atom. The summed E-state index contributed by atoms with van der Waals surface area (Å²) in [7, 11) is 5.70. The van der Waals surface area contributed by atoms with Crippen molar-refractivity contribution in [2.75, 3.05) is 35.0 Å². The Morgan fingerprint density at radius 1 is 1.15 bits per heavy atom. The molecule has 0 radical (unpaired) electrons. The molecule has 0 aliphatic carbocycles. The van der Waals surface area contributed by atoms with Crippen LogP contribution < -0.4 is 14.2 Å². The highest BCUT2D eigenvalue weighted by molar-refractivity contribution is 5.54. The number of hydrogen-bond donors (Lipinski definition) is 1. The molecule has 1 aromatic rings. The van der Waals surface area contributed by atoms with Crippen LogP contribution in [0.4, 0.5) is 0 Å². The van der Waals surface area contributed by atoms with E-state index in [1.807, 2.05) is 6.07 Å². The van der Waals surface area contributed by atoms with Crippen molar-refractivity contribution in [3.8, 4) is 17.2 Å². The maximum atomic E-state index is 8.87. The molecule has 0 aliphatic rings. The van der Waals surface area contributed by atoms with E-state index in [0.717, 1.165) is 18.4 Å². The van der Waals surface area contributed by atoms with Crippen molar-refractivity contribution in [3.05, 3.63) is 27.8 Å². The molecule has 0 amide bonds. The second-order valence-corrected chi connectivity index (χ2v) is 3.75. The minimum absolute atomic E-state index is 0.142. The second-order valence-electron chi connectivity index (χ2n) is 3.75. The highest BCUT2D eigenvalue weighted by Crippen LogP contribution is 2.37. The predicted octanol–water partition coefficient (Wildman–Crippen LogP) is 1.53. The third-order valence-electron chi connectivity index (χ3n) is 2.41. The lowest BCUT2D eigenvalue weighted by atomic mass is 10.1. The van der Waals surface area contributed by atoms with E-state index in [9.17, 15) is 0 Å². The number of rotatable bonds is 6. The fraction of sp³-hybridized carbons (Fsp3) is 0.538. The Balaban J connectivity index is 0.000000796. The Hall–Kier alpha value is -2.02. The highest BCUT2D eigenvalue weighted by Gasteiger charge is 2.14. The van der Waals surface area contributed by atoms with E-state index in [0.29, 0.717) is 24.3 Å². The minimum Gasteiger partial charge on any atom is -0.496 e. The summed E-state index contributed by atoms with van der Waals surface area (Å²) in [5.41, 5.74) is 0.929. The van der Waals surface area contributed by atoms with Crippen molar-refractivity contribution in [3.63, 3.8) is 0 Å². The summed E-state index contributed by atoms with van der Waals surface area (Å²) < 4.78 is 15.8. The summed E-state index contributed by atoms with van der Waals surface area (Å²) in [6.45, 7) is 0.142. The second kappa shape index (κ2) is 9.85. The molecule has 0 atom stereocenters. The molecular formula is C13H21NO6. The van der Waals surface area contributed by atoms with Gasteiger partial charge in [0.25, 0.3) is 0 Å². The normalized spacial score (nSPS) is 9.25. The molecule has 0 bridgehead atoms. The first-order chi connectivity index (χ1) is 9.51. The van der Waals surface area contributed by atoms with Gasteiger partial charge < -0.3 is 19.3 Å². The molecule has 20 heavy (non-hydrogen) atoms. The molecule has 0 fully saturated rings. The van der Waals surface area contributed by atoms with Crippen LogP contribution in [-0.2, 0) is 6.42 Å². The van der Waals surface area contributed by atoms with Crippen LogP contribution in [0.15, 0.2) is 12.1 Å². The van der Waals surface area contributed by atoms with Gasteiger partial charge in [0.1, 0.15) is 5.75 Å². The Bertz CT molecular complexity index is 418. The SMILES string of the molecule is COc1ccc(OC)c(OC)c1CCCO.C[N+](=O)[O-]. The number of nitro groups is 1. The van der Waals surface area contributed by atoms with Gasteiger partial charge in [0.15, 0.2) is 18.5 Å². The lowest BCUT2D eigenvalue weighted by Crippen LogP contribution is -2.00. The topological polar surface area (TPSA) is 91.1 Å². The van der Waals surface area contributed by atoms with Crippen molar-refractivity contribution in [1.29, 1.82) is 0 Å². The average molecular weight is 287 g/mol. The molecule has 7 nitrogen and oxygen atoms in total. The standard InChI is InChI=1S/C12H18O4.CH3NO2/c1-14-10-6-7-11(15-2)12(16-3)9(10)5-4-8-13;1-2(3)4/h6-7,13H,4-5,8H2,1-3H3;1H3. The lowest BCUT2D eigenvalue weighted by Gasteiger charge is -2.15. The van der Waals surface area contributed by atoms with Crippen LogP contribution in [0, 0.1) is 10.1 Å². The van der Waals surface area contributed by atoms with E-state index in [1.54, 1.807) is 27.4 Å². The number of hydrogen-bond acceptors (Lipinski definition) is 6. The number of ether oxygens (including phenoxy) is 3. The Labute approximate surface area is 118 Å². The van der Waals surface area contributed by atoms with Gasteiger partial charge in [-0.25, -0.2) is 0 Å². The molecule has 0 aromatic heterocycles. The zero-order valence-corrected chi connectivity index (χ0v) is 12.2. The smallest absolute Gasteiger partial charge is 0.194 e. The van der Waals surface area contributed by atoms with Crippen LogP contribution in [0.2, 0.25) is 0 Å². The quantitative estimate of drug-likeness (QED) is 0.630. The molecule has 0 heterocycles.